The summed E-state index contributed by atoms with van der Waals surface area (Å²) in [4.78, 5) is 27.0. The predicted molar refractivity (Wildman–Crippen MR) is 111 cm³/mol. The number of hydrogen-bond donors (Lipinski definition) is 0. The first kappa shape index (κ1) is 18.4. The molecular formula is C22H20ClN3O2. The highest BCUT2D eigenvalue weighted by Crippen LogP contribution is 2.28. The highest BCUT2D eigenvalue weighted by atomic mass is 35.5. The molecule has 0 saturated carbocycles. The van der Waals surface area contributed by atoms with Crippen LogP contribution in [0.15, 0.2) is 59.4 Å². The number of carbonyl (C=O) groups is 1. The van der Waals surface area contributed by atoms with Gasteiger partial charge in [0.1, 0.15) is 6.54 Å². The van der Waals surface area contributed by atoms with Gasteiger partial charge in [0.15, 0.2) is 0 Å². The van der Waals surface area contributed by atoms with Crippen molar-refractivity contribution < 1.29 is 4.79 Å². The Morgan fingerprint density at radius 3 is 2.68 bits per heavy atom. The number of nitrogens with zero attached hydrogens (tertiary/aromatic N) is 3. The van der Waals surface area contributed by atoms with Crippen LogP contribution in [0.3, 0.4) is 0 Å². The van der Waals surface area contributed by atoms with Gasteiger partial charge in [-0.05, 0) is 49.6 Å². The van der Waals surface area contributed by atoms with Crippen molar-refractivity contribution in [2.24, 2.45) is 0 Å². The smallest absolute Gasteiger partial charge is 0.267 e. The van der Waals surface area contributed by atoms with Crippen LogP contribution in [0.5, 0.6) is 0 Å². The van der Waals surface area contributed by atoms with Crippen molar-refractivity contribution in [3.05, 3.63) is 81.1 Å². The largest absolute Gasteiger partial charge is 0.311 e. The summed E-state index contributed by atoms with van der Waals surface area (Å²) >= 11 is 5.94. The summed E-state index contributed by atoms with van der Waals surface area (Å²) in [6, 6.07) is 16.4. The summed E-state index contributed by atoms with van der Waals surface area (Å²) in [6.45, 7) is 2.61. The number of rotatable bonds is 3. The van der Waals surface area contributed by atoms with Crippen LogP contribution in [0.4, 0.5) is 5.69 Å². The molecule has 1 aliphatic rings. The molecule has 142 valence electrons. The molecule has 0 saturated heterocycles. The van der Waals surface area contributed by atoms with Gasteiger partial charge in [0.05, 0.1) is 5.69 Å². The van der Waals surface area contributed by atoms with Gasteiger partial charge in [-0.2, -0.15) is 5.10 Å². The number of aryl methyl sites for hydroxylation is 2. The molecule has 0 aliphatic carbocycles. The summed E-state index contributed by atoms with van der Waals surface area (Å²) in [5.74, 6) is -0.132. The number of benzene rings is 2. The number of fused-ring (bicyclic) bond motifs is 1. The van der Waals surface area contributed by atoms with Gasteiger partial charge in [0.2, 0.25) is 5.91 Å². The predicted octanol–water partition coefficient (Wildman–Crippen LogP) is 3.85. The molecule has 0 spiro atoms. The number of hydrogen-bond acceptors (Lipinski definition) is 3. The average molecular weight is 394 g/mol. The van der Waals surface area contributed by atoms with Crippen molar-refractivity contribution >= 4 is 23.2 Å². The summed E-state index contributed by atoms with van der Waals surface area (Å²) in [6.07, 6.45) is 1.88. The molecule has 0 atom stereocenters. The minimum absolute atomic E-state index is 0.0897. The number of anilines is 1. The third kappa shape index (κ3) is 3.71. The molecule has 0 bridgehead atoms. The Hall–Kier alpha value is -2.92. The van der Waals surface area contributed by atoms with Crippen molar-refractivity contribution in [1.82, 2.24) is 9.78 Å². The van der Waals surface area contributed by atoms with E-state index in [1.54, 1.807) is 23.1 Å². The van der Waals surface area contributed by atoms with E-state index in [1.165, 1.54) is 21.9 Å². The van der Waals surface area contributed by atoms with E-state index in [4.69, 9.17) is 11.6 Å². The highest BCUT2D eigenvalue weighted by Gasteiger charge is 2.23. The lowest BCUT2D eigenvalue weighted by molar-refractivity contribution is -0.119. The molecule has 0 radical (unpaired) electrons. The van der Waals surface area contributed by atoms with E-state index >= 15 is 0 Å². The van der Waals surface area contributed by atoms with Crippen LogP contribution >= 0.6 is 11.6 Å². The normalized spacial score (nSPS) is 13.3. The van der Waals surface area contributed by atoms with Gasteiger partial charge < -0.3 is 4.90 Å². The molecule has 2 heterocycles. The Morgan fingerprint density at radius 1 is 1.11 bits per heavy atom. The average Bonchev–Trinajstić information content (AvgIpc) is 2.69. The maximum atomic E-state index is 13.0. The van der Waals surface area contributed by atoms with Gasteiger partial charge in [-0.3, -0.25) is 9.59 Å². The lowest BCUT2D eigenvalue weighted by Gasteiger charge is -2.30. The number of halogens is 1. The second-order valence-electron chi connectivity index (χ2n) is 7.00. The van der Waals surface area contributed by atoms with Crippen molar-refractivity contribution in [1.29, 1.82) is 0 Å². The Bertz CT molecular complexity index is 1090. The van der Waals surface area contributed by atoms with Gasteiger partial charge in [-0.1, -0.05) is 41.4 Å². The van der Waals surface area contributed by atoms with Gasteiger partial charge in [-0.15, -0.1) is 0 Å². The van der Waals surface area contributed by atoms with Crippen molar-refractivity contribution in [2.75, 3.05) is 11.4 Å². The zero-order valence-electron chi connectivity index (χ0n) is 15.6. The molecule has 0 fully saturated rings. The van der Waals surface area contributed by atoms with Crippen LogP contribution in [0, 0.1) is 6.92 Å². The van der Waals surface area contributed by atoms with Crippen LogP contribution in [0.1, 0.15) is 17.5 Å². The van der Waals surface area contributed by atoms with Crippen LogP contribution in [-0.2, 0) is 17.8 Å². The molecule has 5 nitrogen and oxygen atoms in total. The SMILES string of the molecule is Cc1ccc2c(c1)CCCN2C(=O)Cn1nc(-c2ccc(Cl)cc2)ccc1=O. The van der Waals surface area contributed by atoms with Crippen LogP contribution < -0.4 is 10.5 Å². The molecule has 3 aromatic rings. The third-order valence-corrected chi connectivity index (χ3v) is 5.20. The monoisotopic (exact) mass is 393 g/mol. The summed E-state index contributed by atoms with van der Waals surface area (Å²) in [5.41, 5.74) is 4.45. The lowest BCUT2D eigenvalue weighted by atomic mass is 9.99. The molecular weight excluding hydrogens is 374 g/mol. The summed E-state index contributed by atoms with van der Waals surface area (Å²) in [5, 5.41) is 5.02. The molecule has 1 aliphatic heterocycles. The second kappa shape index (κ2) is 7.60. The minimum Gasteiger partial charge on any atom is -0.311 e. The van der Waals surface area contributed by atoms with E-state index in [1.807, 2.05) is 31.2 Å². The molecule has 28 heavy (non-hydrogen) atoms. The topological polar surface area (TPSA) is 55.2 Å². The van der Waals surface area contributed by atoms with E-state index in [2.05, 4.69) is 11.2 Å². The first-order chi connectivity index (χ1) is 13.5. The Labute approximate surface area is 168 Å². The minimum atomic E-state index is -0.299. The molecule has 1 amide bonds. The number of aromatic nitrogens is 2. The van der Waals surface area contributed by atoms with E-state index in [0.29, 0.717) is 17.3 Å². The molecule has 0 unspecified atom stereocenters. The number of amides is 1. The zero-order valence-corrected chi connectivity index (χ0v) is 16.3. The molecule has 1 aromatic heterocycles. The van der Waals surface area contributed by atoms with E-state index < -0.39 is 0 Å². The first-order valence-electron chi connectivity index (χ1n) is 9.25. The number of carbonyl (C=O) groups excluding carboxylic acids is 1. The van der Waals surface area contributed by atoms with Gasteiger partial charge in [0.25, 0.3) is 5.56 Å². The highest BCUT2D eigenvalue weighted by molar-refractivity contribution is 6.30. The summed E-state index contributed by atoms with van der Waals surface area (Å²) < 4.78 is 1.23. The van der Waals surface area contributed by atoms with Crippen molar-refractivity contribution in [3.8, 4) is 11.3 Å². The fourth-order valence-electron chi connectivity index (χ4n) is 3.54. The van der Waals surface area contributed by atoms with Gasteiger partial charge >= 0.3 is 0 Å². The fraction of sp³-hybridized carbons (Fsp3) is 0.227. The van der Waals surface area contributed by atoms with Crippen molar-refractivity contribution in [2.45, 2.75) is 26.3 Å². The molecule has 4 rings (SSSR count). The van der Waals surface area contributed by atoms with Crippen LogP contribution in [0.2, 0.25) is 5.02 Å². The zero-order chi connectivity index (χ0) is 19.7. The van der Waals surface area contributed by atoms with Crippen LogP contribution in [-0.4, -0.2) is 22.2 Å². The lowest BCUT2D eigenvalue weighted by Crippen LogP contribution is -2.40. The third-order valence-electron chi connectivity index (χ3n) is 4.95. The second-order valence-corrected chi connectivity index (χ2v) is 7.44. The summed E-state index contributed by atoms with van der Waals surface area (Å²) in [7, 11) is 0. The Morgan fingerprint density at radius 2 is 1.89 bits per heavy atom. The first-order valence-corrected chi connectivity index (χ1v) is 9.63. The Kier molecular flexibility index (Phi) is 5.01. The Balaban J connectivity index is 1.61. The van der Waals surface area contributed by atoms with Gasteiger partial charge in [-0.25, -0.2) is 4.68 Å². The van der Waals surface area contributed by atoms with E-state index in [-0.39, 0.29) is 18.0 Å². The quantitative estimate of drug-likeness (QED) is 0.679. The maximum absolute atomic E-state index is 13.0. The fourth-order valence-corrected chi connectivity index (χ4v) is 3.66. The van der Waals surface area contributed by atoms with Crippen LogP contribution in [0.25, 0.3) is 11.3 Å². The van der Waals surface area contributed by atoms with E-state index in [0.717, 1.165) is 24.1 Å². The maximum Gasteiger partial charge on any atom is 0.267 e. The van der Waals surface area contributed by atoms with Gasteiger partial charge in [0, 0.05) is 28.9 Å². The molecule has 0 N–H and O–H groups in total. The van der Waals surface area contributed by atoms with Crippen molar-refractivity contribution in [3.63, 3.8) is 0 Å². The molecule has 2 aromatic carbocycles. The molecule has 6 heteroatoms. The van der Waals surface area contributed by atoms with E-state index in [9.17, 15) is 9.59 Å². The standard InChI is InChI=1S/C22H20ClN3O2/c1-15-4-10-20-17(13-15)3-2-12-25(20)22(28)14-26-21(27)11-9-19(24-26)16-5-7-18(23)8-6-16/h4-11,13H,2-3,12,14H2,1H3.